The molecule has 0 spiro atoms. The summed E-state index contributed by atoms with van der Waals surface area (Å²) >= 11 is 0. The van der Waals surface area contributed by atoms with Gasteiger partial charge in [0.05, 0.1) is 38.1 Å². The number of hydrogen-bond donors (Lipinski definition) is 0. The first-order valence-corrected chi connectivity index (χ1v) is 13.0. The number of anilines is 1. The van der Waals surface area contributed by atoms with Crippen LogP contribution < -0.4 is 14.4 Å². The van der Waals surface area contributed by atoms with Gasteiger partial charge in [-0.15, -0.1) is 0 Å². The Hall–Kier alpha value is -3.31. The van der Waals surface area contributed by atoms with Crippen molar-refractivity contribution < 1.29 is 42.8 Å². The molecule has 0 bridgehead atoms. The second kappa shape index (κ2) is 13.0. The van der Waals surface area contributed by atoms with E-state index in [9.17, 15) is 14.4 Å². The molecular weight excluding hydrogens is 496 g/mol. The van der Waals surface area contributed by atoms with Crippen LogP contribution in [0.4, 0.5) is 10.5 Å². The Bertz CT molecular complexity index is 1020. The van der Waals surface area contributed by atoms with E-state index in [4.69, 9.17) is 23.7 Å². The number of rotatable bonds is 10. The van der Waals surface area contributed by atoms with Gasteiger partial charge in [-0.2, -0.15) is 0 Å². The number of ether oxygens (including phenoxy) is 6. The van der Waals surface area contributed by atoms with Gasteiger partial charge < -0.3 is 33.3 Å². The lowest BCUT2D eigenvalue weighted by Crippen LogP contribution is -2.54. The first-order chi connectivity index (χ1) is 18.5. The molecule has 11 nitrogen and oxygen atoms in total. The van der Waals surface area contributed by atoms with Gasteiger partial charge in [0.15, 0.2) is 24.0 Å². The summed E-state index contributed by atoms with van der Waals surface area (Å²) in [5, 5.41) is 0. The minimum atomic E-state index is -0.830. The topological polar surface area (TPSA) is 113 Å². The average Bonchev–Trinajstić information content (AvgIpc) is 3.40. The summed E-state index contributed by atoms with van der Waals surface area (Å²) < 4.78 is 33.9. The molecule has 1 aromatic carbocycles. The maximum atomic E-state index is 13.8. The fraction of sp³-hybridized carbons (Fsp3) is 0.593. The number of esters is 1. The van der Waals surface area contributed by atoms with Gasteiger partial charge in [0.25, 0.3) is 5.91 Å². The largest absolute Gasteiger partial charge is 0.493 e. The molecule has 3 unspecified atom stereocenters. The van der Waals surface area contributed by atoms with Crippen LogP contribution in [0, 0.1) is 0 Å². The molecule has 3 aliphatic rings. The van der Waals surface area contributed by atoms with Crippen molar-refractivity contribution in [3.63, 3.8) is 0 Å². The predicted octanol–water partition coefficient (Wildman–Crippen LogP) is 3.64. The molecule has 4 rings (SSSR count). The molecule has 0 aromatic heterocycles. The summed E-state index contributed by atoms with van der Waals surface area (Å²) in [4.78, 5) is 41.9. The van der Waals surface area contributed by atoms with E-state index >= 15 is 0 Å². The number of fused-ring (bicyclic) bond motifs is 2. The van der Waals surface area contributed by atoms with Crippen LogP contribution in [0.5, 0.6) is 11.5 Å². The number of amides is 2. The molecule has 3 aliphatic heterocycles. The Labute approximate surface area is 222 Å². The van der Waals surface area contributed by atoms with Crippen molar-refractivity contribution in [3.05, 3.63) is 30.4 Å². The van der Waals surface area contributed by atoms with Gasteiger partial charge in [-0.05, 0) is 44.6 Å². The van der Waals surface area contributed by atoms with Crippen molar-refractivity contribution >= 4 is 23.7 Å². The predicted molar refractivity (Wildman–Crippen MR) is 136 cm³/mol. The van der Waals surface area contributed by atoms with E-state index in [0.29, 0.717) is 49.6 Å². The summed E-state index contributed by atoms with van der Waals surface area (Å²) in [6.07, 6.45) is 4.11. The fourth-order valence-corrected chi connectivity index (χ4v) is 5.03. The van der Waals surface area contributed by atoms with E-state index in [1.807, 2.05) is 0 Å². The van der Waals surface area contributed by atoms with E-state index in [1.165, 1.54) is 25.2 Å². The molecular formula is C27H36N2O9. The van der Waals surface area contributed by atoms with E-state index in [1.54, 1.807) is 17.0 Å². The Balaban J connectivity index is 1.74. The molecule has 0 N–H and O–H groups in total. The van der Waals surface area contributed by atoms with Crippen LogP contribution in [0.15, 0.2) is 24.8 Å². The monoisotopic (exact) mass is 532 g/mol. The third kappa shape index (κ3) is 6.05. The van der Waals surface area contributed by atoms with E-state index < -0.39 is 18.6 Å². The number of carbonyl (C=O) groups excluding carboxylic acids is 3. The van der Waals surface area contributed by atoms with Gasteiger partial charge in [-0.1, -0.05) is 12.7 Å². The molecule has 38 heavy (non-hydrogen) atoms. The SMILES string of the molecule is C=CCOC(=O)N1c2cc(OCCCC(=O)OC)c(OC)cc2C(=O)N2CCCC2C1OC1CCCCO1. The summed E-state index contributed by atoms with van der Waals surface area (Å²) in [5.41, 5.74) is 0.574. The van der Waals surface area contributed by atoms with Crippen LogP contribution in [0.2, 0.25) is 0 Å². The average molecular weight is 533 g/mol. The third-order valence-corrected chi connectivity index (χ3v) is 6.88. The third-order valence-electron chi connectivity index (χ3n) is 6.88. The zero-order valence-corrected chi connectivity index (χ0v) is 22.0. The van der Waals surface area contributed by atoms with Gasteiger partial charge in [0, 0.05) is 25.6 Å². The lowest BCUT2D eigenvalue weighted by atomic mass is 10.1. The number of hydrogen-bond acceptors (Lipinski definition) is 9. The highest BCUT2D eigenvalue weighted by Gasteiger charge is 2.47. The summed E-state index contributed by atoms with van der Waals surface area (Å²) in [5.74, 6) is 0.0884. The molecule has 0 radical (unpaired) electrons. The minimum absolute atomic E-state index is 0.00726. The van der Waals surface area contributed by atoms with Gasteiger partial charge >= 0.3 is 12.1 Å². The highest BCUT2D eigenvalue weighted by atomic mass is 16.7. The lowest BCUT2D eigenvalue weighted by Gasteiger charge is -2.38. The lowest BCUT2D eigenvalue weighted by molar-refractivity contribution is -0.195. The van der Waals surface area contributed by atoms with Crippen LogP contribution >= 0.6 is 0 Å². The van der Waals surface area contributed by atoms with Crippen LogP contribution in [-0.4, -0.2) is 82.0 Å². The van der Waals surface area contributed by atoms with Crippen molar-refractivity contribution in [1.82, 2.24) is 4.90 Å². The molecule has 2 amide bonds. The zero-order valence-electron chi connectivity index (χ0n) is 22.0. The second-order valence-corrected chi connectivity index (χ2v) is 9.31. The molecule has 11 heteroatoms. The summed E-state index contributed by atoms with van der Waals surface area (Å²) in [6.45, 7) is 4.94. The molecule has 1 aromatic rings. The summed E-state index contributed by atoms with van der Waals surface area (Å²) in [6, 6.07) is 2.79. The Morgan fingerprint density at radius 2 is 2.00 bits per heavy atom. The van der Waals surface area contributed by atoms with Gasteiger partial charge in [0.2, 0.25) is 0 Å². The van der Waals surface area contributed by atoms with Crippen LogP contribution in [-0.2, 0) is 23.7 Å². The molecule has 2 saturated heterocycles. The molecule has 2 fully saturated rings. The normalized spacial score (nSPS) is 22.7. The molecule has 0 saturated carbocycles. The maximum absolute atomic E-state index is 13.8. The first kappa shape index (κ1) is 27.7. The van der Waals surface area contributed by atoms with Gasteiger partial charge in [0.1, 0.15) is 6.61 Å². The molecule has 3 atom stereocenters. The van der Waals surface area contributed by atoms with Crippen molar-refractivity contribution in [3.8, 4) is 11.5 Å². The Morgan fingerprint density at radius 3 is 2.71 bits per heavy atom. The van der Waals surface area contributed by atoms with E-state index in [2.05, 4.69) is 11.3 Å². The van der Waals surface area contributed by atoms with Crippen molar-refractivity contribution in [1.29, 1.82) is 0 Å². The van der Waals surface area contributed by atoms with Crippen molar-refractivity contribution in [2.75, 3.05) is 45.5 Å². The summed E-state index contributed by atoms with van der Waals surface area (Å²) in [7, 11) is 2.81. The number of methoxy groups -OCH3 is 2. The number of nitrogens with zero attached hydrogens (tertiary/aromatic N) is 2. The van der Waals surface area contributed by atoms with Gasteiger partial charge in [-0.25, -0.2) is 9.69 Å². The molecule has 0 aliphatic carbocycles. The van der Waals surface area contributed by atoms with E-state index in [-0.39, 0.29) is 43.1 Å². The van der Waals surface area contributed by atoms with Crippen molar-refractivity contribution in [2.24, 2.45) is 0 Å². The van der Waals surface area contributed by atoms with Crippen LogP contribution in [0.1, 0.15) is 55.3 Å². The maximum Gasteiger partial charge on any atom is 0.416 e. The van der Waals surface area contributed by atoms with E-state index in [0.717, 1.165) is 19.3 Å². The standard InChI is InChI=1S/C27H36N2O9/c1-4-13-37-27(32)29-20-17-22(35-15-8-10-23(30)34-3)21(33-2)16-18(20)25(31)28-12-7-9-19(28)26(29)38-24-11-5-6-14-36-24/h4,16-17,19,24,26H,1,5-15H2,2-3H3. The first-order valence-electron chi connectivity index (χ1n) is 13.0. The molecule has 208 valence electrons. The Kier molecular flexibility index (Phi) is 9.46. The van der Waals surface area contributed by atoms with Crippen LogP contribution in [0.3, 0.4) is 0 Å². The quantitative estimate of drug-likeness (QED) is 0.253. The second-order valence-electron chi connectivity index (χ2n) is 9.31. The number of carbonyl (C=O) groups is 3. The Morgan fingerprint density at radius 1 is 1.16 bits per heavy atom. The smallest absolute Gasteiger partial charge is 0.416 e. The minimum Gasteiger partial charge on any atom is -0.493 e. The zero-order chi connectivity index (χ0) is 27.1. The van der Waals surface area contributed by atoms with Crippen molar-refractivity contribution in [2.45, 2.75) is 63.5 Å². The highest BCUT2D eigenvalue weighted by molar-refractivity contribution is 6.06. The molecule has 3 heterocycles. The fourth-order valence-electron chi connectivity index (χ4n) is 5.03. The highest BCUT2D eigenvalue weighted by Crippen LogP contribution is 2.42. The van der Waals surface area contributed by atoms with Gasteiger partial charge in [-0.3, -0.25) is 9.59 Å². The number of benzene rings is 1. The van der Waals surface area contributed by atoms with Crippen LogP contribution in [0.25, 0.3) is 0 Å².